The number of hydrogen-bond donors (Lipinski definition) is 0. The van der Waals surface area contributed by atoms with Crippen molar-refractivity contribution in [2.24, 2.45) is 5.92 Å². The summed E-state index contributed by atoms with van der Waals surface area (Å²) in [7, 11) is 1.93. The number of rotatable bonds is 4. The molecule has 15 heavy (non-hydrogen) atoms. The summed E-state index contributed by atoms with van der Waals surface area (Å²) >= 11 is 0. The van der Waals surface area contributed by atoms with Crippen LogP contribution in [-0.2, 0) is 0 Å². The molecule has 0 spiro atoms. The molecule has 84 valence electrons. The monoisotopic (exact) mass is 211 g/mol. The molecule has 0 amide bonds. The summed E-state index contributed by atoms with van der Waals surface area (Å²) in [6.07, 6.45) is 2.31. The van der Waals surface area contributed by atoms with Crippen LogP contribution in [0.1, 0.15) is 27.2 Å². The Morgan fingerprint density at radius 1 is 1.33 bits per heavy atom. The second-order valence-corrected chi connectivity index (χ2v) is 4.29. The summed E-state index contributed by atoms with van der Waals surface area (Å²) in [4.78, 5) is 9.46. The van der Waals surface area contributed by atoms with Crippen LogP contribution in [0, 0.1) is 11.9 Å². The molecular formula is C11H18FN3. The van der Waals surface area contributed by atoms with Crippen LogP contribution in [0.5, 0.6) is 0 Å². The highest BCUT2D eigenvalue weighted by Crippen LogP contribution is 2.16. The molecule has 1 aromatic heterocycles. The van der Waals surface area contributed by atoms with E-state index in [4.69, 9.17) is 0 Å². The molecule has 0 fully saturated rings. The van der Waals surface area contributed by atoms with Gasteiger partial charge in [-0.2, -0.15) is 4.39 Å². The fourth-order valence-corrected chi connectivity index (χ4v) is 1.58. The van der Waals surface area contributed by atoms with E-state index in [2.05, 4.69) is 30.7 Å². The Balaban J connectivity index is 2.71. The molecule has 0 saturated heterocycles. The van der Waals surface area contributed by atoms with E-state index in [1.807, 2.05) is 11.9 Å². The van der Waals surface area contributed by atoms with Gasteiger partial charge in [0.2, 0.25) is 5.95 Å². The van der Waals surface area contributed by atoms with Crippen molar-refractivity contribution >= 4 is 5.82 Å². The third-order valence-corrected chi connectivity index (χ3v) is 2.45. The summed E-state index contributed by atoms with van der Waals surface area (Å²) in [6, 6.07) is 1.70. The van der Waals surface area contributed by atoms with Gasteiger partial charge in [0.25, 0.3) is 0 Å². The van der Waals surface area contributed by atoms with E-state index in [0.29, 0.717) is 17.8 Å². The Bertz CT molecular complexity index is 314. The molecule has 1 atom stereocenters. The lowest BCUT2D eigenvalue weighted by atomic mass is 10.0. The summed E-state index contributed by atoms with van der Waals surface area (Å²) < 4.78 is 12.9. The zero-order valence-corrected chi connectivity index (χ0v) is 9.74. The minimum absolute atomic E-state index is 0.347. The summed E-state index contributed by atoms with van der Waals surface area (Å²) in [5.74, 6) is 0.772. The normalized spacial score (nSPS) is 12.9. The lowest BCUT2D eigenvalue weighted by Crippen LogP contribution is -2.30. The van der Waals surface area contributed by atoms with Crippen LogP contribution in [0.3, 0.4) is 0 Å². The van der Waals surface area contributed by atoms with Gasteiger partial charge in [0.15, 0.2) is 0 Å². The Morgan fingerprint density at radius 3 is 2.53 bits per heavy atom. The van der Waals surface area contributed by atoms with E-state index in [1.54, 1.807) is 0 Å². The Hall–Kier alpha value is -1.19. The molecule has 1 unspecified atom stereocenters. The third-order valence-electron chi connectivity index (χ3n) is 2.45. The molecule has 0 bridgehead atoms. The predicted octanol–water partition coefficient (Wildman–Crippen LogP) is 2.49. The highest BCUT2D eigenvalue weighted by atomic mass is 19.1. The van der Waals surface area contributed by atoms with Crippen molar-refractivity contribution in [3.63, 3.8) is 0 Å². The van der Waals surface area contributed by atoms with Crippen molar-refractivity contribution in [2.75, 3.05) is 11.9 Å². The Labute approximate surface area is 90.4 Å². The van der Waals surface area contributed by atoms with E-state index in [-0.39, 0.29) is 0 Å². The fraction of sp³-hybridized carbons (Fsp3) is 0.636. The van der Waals surface area contributed by atoms with Crippen LogP contribution < -0.4 is 4.90 Å². The van der Waals surface area contributed by atoms with Crippen molar-refractivity contribution in [2.45, 2.75) is 33.2 Å². The van der Waals surface area contributed by atoms with Gasteiger partial charge in [-0.15, -0.1) is 0 Å². The maximum absolute atomic E-state index is 12.9. The molecule has 1 aromatic rings. The molecule has 0 aliphatic rings. The molecule has 0 saturated carbocycles. The zero-order chi connectivity index (χ0) is 11.4. The molecule has 1 rings (SSSR count). The average molecular weight is 211 g/mol. The van der Waals surface area contributed by atoms with Crippen molar-refractivity contribution < 1.29 is 4.39 Å². The largest absolute Gasteiger partial charge is 0.357 e. The smallest absolute Gasteiger partial charge is 0.218 e. The molecule has 0 aliphatic heterocycles. The number of hydrogen-bond acceptors (Lipinski definition) is 3. The predicted molar refractivity (Wildman–Crippen MR) is 59.3 cm³/mol. The van der Waals surface area contributed by atoms with Crippen LogP contribution >= 0.6 is 0 Å². The standard InChI is InChI=1S/C11H18FN3/c1-8(2)5-9(3)15(4)11-6-10(12)13-7-14-11/h6-9H,5H2,1-4H3. The minimum atomic E-state index is -0.483. The molecule has 1 heterocycles. The highest BCUT2D eigenvalue weighted by molar-refractivity contribution is 5.36. The maximum atomic E-state index is 12.9. The zero-order valence-electron chi connectivity index (χ0n) is 9.74. The molecule has 0 radical (unpaired) electrons. The molecule has 4 heteroatoms. The summed E-state index contributed by atoms with van der Waals surface area (Å²) in [5, 5.41) is 0. The molecule has 0 N–H and O–H groups in total. The first-order valence-electron chi connectivity index (χ1n) is 5.21. The van der Waals surface area contributed by atoms with Crippen molar-refractivity contribution in [1.82, 2.24) is 9.97 Å². The molecule has 3 nitrogen and oxygen atoms in total. The fourth-order valence-electron chi connectivity index (χ4n) is 1.58. The van der Waals surface area contributed by atoms with E-state index >= 15 is 0 Å². The Kier molecular flexibility index (Phi) is 4.00. The molecule has 0 aromatic carbocycles. The first kappa shape index (κ1) is 11.9. The van der Waals surface area contributed by atoms with E-state index < -0.39 is 5.95 Å². The third kappa shape index (κ3) is 3.46. The van der Waals surface area contributed by atoms with Crippen LogP contribution in [-0.4, -0.2) is 23.1 Å². The van der Waals surface area contributed by atoms with Crippen LogP contribution in [0.4, 0.5) is 10.2 Å². The van der Waals surface area contributed by atoms with Gasteiger partial charge >= 0.3 is 0 Å². The molecular weight excluding hydrogens is 193 g/mol. The van der Waals surface area contributed by atoms with Gasteiger partial charge in [-0.05, 0) is 19.3 Å². The van der Waals surface area contributed by atoms with Gasteiger partial charge in [0.1, 0.15) is 12.1 Å². The van der Waals surface area contributed by atoms with Crippen molar-refractivity contribution in [1.29, 1.82) is 0 Å². The summed E-state index contributed by atoms with van der Waals surface area (Å²) in [5.41, 5.74) is 0. The van der Waals surface area contributed by atoms with E-state index in [9.17, 15) is 4.39 Å². The Morgan fingerprint density at radius 2 is 2.00 bits per heavy atom. The van der Waals surface area contributed by atoms with Gasteiger partial charge in [-0.3, -0.25) is 0 Å². The van der Waals surface area contributed by atoms with E-state index in [1.165, 1.54) is 12.4 Å². The number of aromatic nitrogens is 2. The first-order chi connectivity index (χ1) is 7.00. The first-order valence-corrected chi connectivity index (χ1v) is 5.21. The number of anilines is 1. The quantitative estimate of drug-likeness (QED) is 0.716. The second-order valence-electron chi connectivity index (χ2n) is 4.29. The number of nitrogens with zero attached hydrogens (tertiary/aromatic N) is 3. The minimum Gasteiger partial charge on any atom is -0.357 e. The van der Waals surface area contributed by atoms with Gasteiger partial charge < -0.3 is 4.90 Å². The SMILES string of the molecule is CC(C)CC(C)N(C)c1cc(F)ncn1. The van der Waals surface area contributed by atoms with Crippen LogP contribution in [0.25, 0.3) is 0 Å². The van der Waals surface area contributed by atoms with Crippen molar-refractivity contribution in [3.8, 4) is 0 Å². The van der Waals surface area contributed by atoms with Crippen LogP contribution in [0.15, 0.2) is 12.4 Å². The lowest BCUT2D eigenvalue weighted by Gasteiger charge is -2.27. The lowest BCUT2D eigenvalue weighted by molar-refractivity contribution is 0.500. The second kappa shape index (κ2) is 5.05. The van der Waals surface area contributed by atoms with E-state index in [0.717, 1.165) is 6.42 Å². The van der Waals surface area contributed by atoms with Gasteiger partial charge in [0, 0.05) is 19.2 Å². The topological polar surface area (TPSA) is 29.0 Å². The van der Waals surface area contributed by atoms with Gasteiger partial charge in [-0.25, -0.2) is 9.97 Å². The molecule has 0 aliphatic carbocycles. The van der Waals surface area contributed by atoms with Gasteiger partial charge in [-0.1, -0.05) is 13.8 Å². The van der Waals surface area contributed by atoms with Crippen LogP contribution in [0.2, 0.25) is 0 Å². The number of halogens is 1. The highest BCUT2D eigenvalue weighted by Gasteiger charge is 2.13. The van der Waals surface area contributed by atoms with Gasteiger partial charge in [0.05, 0.1) is 0 Å². The van der Waals surface area contributed by atoms with Crippen molar-refractivity contribution in [3.05, 3.63) is 18.3 Å². The average Bonchev–Trinajstić information content (AvgIpc) is 2.15. The summed E-state index contributed by atoms with van der Waals surface area (Å²) in [6.45, 7) is 6.45. The maximum Gasteiger partial charge on any atom is 0.218 e.